The molecule has 4 heteroatoms. The van der Waals surface area contributed by atoms with E-state index in [1.165, 1.54) is 0 Å². The van der Waals surface area contributed by atoms with Crippen LogP contribution < -0.4 is 0 Å². The zero-order chi connectivity index (χ0) is 11.5. The quantitative estimate of drug-likeness (QED) is 0.809. The predicted octanol–water partition coefficient (Wildman–Crippen LogP) is 2.29. The summed E-state index contributed by atoms with van der Waals surface area (Å²) in [5.41, 5.74) is 2.14. The number of rotatable bonds is 2. The zero-order valence-electron chi connectivity index (χ0n) is 8.44. The van der Waals surface area contributed by atoms with E-state index in [-0.39, 0.29) is 11.8 Å². The molecule has 0 aliphatic heterocycles. The molecule has 1 N–H and O–H groups in total. The van der Waals surface area contributed by atoms with Crippen LogP contribution >= 0.6 is 11.6 Å². The summed E-state index contributed by atoms with van der Waals surface area (Å²) in [4.78, 5) is 4.13. The van der Waals surface area contributed by atoms with Crippen molar-refractivity contribution in [1.82, 2.24) is 4.98 Å². The maximum atomic E-state index is 8.85. The van der Waals surface area contributed by atoms with Crippen LogP contribution in [0, 0.1) is 11.3 Å². The first-order chi connectivity index (χ1) is 7.74. The minimum Gasteiger partial charge on any atom is -0.396 e. The third-order valence-corrected chi connectivity index (χ3v) is 2.64. The molecule has 0 saturated heterocycles. The molecule has 80 valence electrons. The highest BCUT2D eigenvalue weighted by Crippen LogP contribution is 2.21. The predicted molar refractivity (Wildman–Crippen MR) is 62.3 cm³/mol. The number of halogens is 1. The number of nitrogens with zero attached hydrogens (tertiary/aromatic N) is 2. The monoisotopic (exact) mass is 232 g/mol. The van der Waals surface area contributed by atoms with Crippen LogP contribution in [0.1, 0.15) is 11.1 Å². The zero-order valence-corrected chi connectivity index (χ0v) is 9.20. The fraction of sp³-hybridized carbons (Fsp3) is 0.167. The summed E-state index contributed by atoms with van der Waals surface area (Å²) in [5, 5.41) is 18.8. The van der Waals surface area contributed by atoms with E-state index >= 15 is 0 Å². The first kappa shape index (κ1) is 10.9. The van der Waals surface area contributed by atoms with Crippen LogP contribution in [0.4, 0.5) is 0 Å². The van der Waals surface area contributed by atoms with Crippen LogP contribution in [-0.2, 0) is 6.42 Å². The van der Waals surface area contributed by atoms with Crippen molar-refractivity contribution in [1.29, 1.82) is 5.26 Å². The van der Waals surface area contributed by atoms with Gasteiger partial charge in [0, 0.05) is 12.0 Å². The van der Waals surface area contributed by atoms with E-state index in [4.69, 9.17) is 22.0 Å². The van der Waals surface area contributed by atoms with Gasteiger partial charge >= 0.3 is 0 Å². The first-order valence-corrected chi connectivity index (χ1v) is 5.22. The molecule has 0 aliphatic rings. The minimum atomic E-state index is 0.109. The van der Waals surface area contributed by atoms with Gasteiger partial charge in [-0.15, -0.1) is 0 Å². The molecule has 0 radical (unpaired) electrons. The van der Waals surface area contributed by atoms with Crippen molar-refractivity contribution < 1.29 is 5.11 Å². The normalized spacial score (nSPS) is 10.3. The summed E-state index contributed by atoms with van der Waals surface area (Å²) in [6.45, 7) is 0.109. The van der Waals surface area contributed by atoms with Crippen LogP contribution in [0.2, 0.25) is 5.15 Å². The van der Waals surface area contributed by atoms with Crippen LogP contribution in [0.5, 0.6) is 0 Å². The largest absolute Gasteiger partial charge is 0.396 e. The lowest BCUT2D eigenvalue weighted by molar-refractivity contribution is 0.299. The van der Waals surface area contributed by atoms with Gasteiger partial charge < -0.3 is 5.11 Å². The SMILES string of the molecule is N#Cc1cc2cc(CCO)ccc2nc1Cl. The Labute approximate surface area is 97.9 Å². The van der Waals surface area contributed by atoms with Gasteiger partial charge in [-0.1, -0.05) is 17.7 Å². The highest BCUT2D eigenvalue weighted by molar-refractivity contribution is 6.31. The Morgan fingerprint density at radius 2 is 2.19 bits per heavy atom. The third-order valence-electron chi connectivity index (χ3n) is 2.35. The van der Waals surface area contributed by atoms with Gasteiger partial charge in [0.05, 0.1) is 11.1 Å². The van der Waals surface area contributed by atoms with Gasteiger partial charge in [-0.3, -0.25) is 0 Å². The number of aromatic nitrogens is 1. The van der Waals surface area contributed by atoms with Crippen LogP contribution in [0.25, 0.3) is 10.9 Å². The van der Waals surface area contributed by atoms with E-state index < -0.39 is 0 Å². The Morgan fingerprint density at radius 3 is 2.88 bits per heavy atom. The lowest BCUT2D eigenvalue weighted by Gasteiger charge is -2.03. The molecule has 0 amide bonds. The smallest absolute Gasteiger partial charge is 0.147 e. The molecule has 0 aliphatic carbocycles. The van der Waals surface area contributed by atoms with Gasteiger partial charge in [-0.05, 0) is 30.2 Å². The second-order valence-corrected chi connectivity index (χ2v) is 3.80. The van der Waals surface area contributed by atoms with Gasteiger partial charge in [0.15, 0.2) is 0 Å². The van der Waals surface area contributed by atoms with Crippen molar-refractivity contribution in [2.75, 3.05) is 6.61 Å². The van der Waals surface area contributed by atoms with E-state index in [9.17, 15) is 0 Å². The number of fused-ring (bicyclic) bond motifs is 1. The molecule has 2 aromatic rings. The standard InChI is InChI=1S/C12H9ClN2O/c13-12-10(7-14)6-9-5-8(3-4-16)1-2-11(9)15-12/h1-2,5-6,16H,3-4H2. The number of hydrogen-bond donors (Lipinski definition) is 1. The molecule has 2 rings (SSSR count). The molecule has 0 atom stereocenters. The van der Waals surface area contributed by atoms with E-state index in [2.05, 4.69) is 4.98 Å². The van der Waals surface area contributed by atoms with Gasteiger partial charge in [0.1, 0.15) is 11.2 Å². The van der Waals surface area contributed by atoms with E-state index in [1.54, 1.807) is 6.07 Å². The summed E-state index contributed by atoms with van der Waals surface area (Å²) in [6.07, 6.45) is 0.598. The fourth-order valence-corrected chi connectivity index (χ4v) is 1.75. The molecule has 0 bridgehead atoms. The Morgan fingerprint density at radius 1 is 1.38 bits per heavy atom. The molecule has 16 heavy (non-hydrogen) atoms. The number of benzene rings is 1. The molecule has 1 aromatic carbocycles. The van der Waals surface area contributed by atoms with Gasteiger partial charge in [-0.25, -0.2) is 4.98 Å². The molecule has 0 saturated carbocycles. The van der Waals surface area contributed by atoms with Crippen molar-refractivity contribution in [3.8, 4) is 6.07 Å². The van der Waals surface area contributed by atoms with Crippen LogP contribution in [-0.4, -0.2) is 16.7 Å². The Balaban J connectivity index is 2.60. The summed E-state index contributed by atoms with van der Waals surface area (Å²) in [7, 11) is 0. The second-order valence-electron chi connectivity index (χ2n) is 3.44. The Bertz CT molecular complexity index is 575. The highest BCUT2D eigenvalue weighted by atomic mass is 35.5. The molecular weight excluding hydrogens is 224 g/mol. The topological polar surface area (TPSA) is 56.9 Å². The number of aliphatic hydroxyl groups excluding tert-OH is 1. The average molecular weight is 233 g/mol. The number of pyridine rings is 1. The average Bonchev–Trinajstić information content (AvgIpc) is 2.29. The van der Waals surface area contributed by atoms with Gasteiger partial charge in [0.25, 0.3) is 0 Å². The number of nitriles is 1. The van der Waals surface area contributed by atoms with E-state index in [0.29, 0.717) is 12.0 Å². The maximum absolute atomic E-state index is 8.85. The summed E-state index contributed by atoms with van der Waals surface area (Å²) in [5.74, 6) is 0. The molecule has 0 fully saturated rings. The second kappa shape index (κ2) is 4.48. The van der Waals surface area contributed by atoms with Crippen molar-refractivity contribution in [2.45, 2.75) is 6.42 Å². The van der Waals surface area contributed by atoms with Crippen molar-refractivity contribution in [2.24, 2.45) is 0 Å². The molecule has 1 heterocycles. The van der Waals surface area contributed by atoms with Crippen molar-refractivity contribution >= 4 is 22.5 Å². The van der Waals surface area contributed by atoms with Crippen LogP contribution in [0.3, 0.4) is 0 Å². The summed E-state index contributed by atoms with van der Waals surface area (Å²) >= 11 is 5.83. The summed E-state index contributed by atoms with van der Waals surface area (Å²) in [6, 6.07) is 9.36. The summed E-state index contributed by atoms with van der Waals surface area (Å²) < 4.78 is 0. The van der Waals surface area contributed by atoms with Crippen LogP contribution in [0.15, 0.2) is 24.3 Å². The van der Waals surface area contributed by atoms with Gasteiger partial charge in [-0.2, -0.15) is 5.26 Å². The lowest BCUT2D eigenvalue weighted by atomic mass is 10.1. The van der Waals surface area contributed by atoms with E-state index in [1.807, 2.05) is 24.3 Å². The third kappa shape index (κ3) is 1.99. The highest BCUT2D eigenvalue weighted by Gasteiger charge is 2.04. The fourth-order valence-electron chi connectivity index (χ4n) is 1.57. The molecule has 0 unspecified atom stereocenters. The first-order valence-electron chi connectivity index (χ1n) is 4.84. The number of hydrogen-bond acceptors (Lipinski definition) is 3. The van der Waals surface area contributed by atoms with Gasteiger partial charge in [0.2, 0.25) is 0 Å². The molecule has 1 aromatic heterocycles. The molecular formula is C12H9ClN2O. The maximum Gasteiger partial charge on any atom is 0.147 e. The number of aliphatic hydroxyl groups is 1. The molecule has 3 nitrogen and oxygen atoms in total. The van der Waals surface area contributed by atoms with Crippen molar-refractivity contribution in [3.05, 3.63) is 40.5 Å². The Hall–Kier alpha value is -1.63. The molecule has 0 spiro atoms. The minimum absolute atomic E-state index is 0.109. The van der Waals surface area contributed by atoms with Crippen molar-refractivity contribution in [3.63, 3.8) is 0 Å². The lowest BCUT2D eigenvalue weighted by Crippen LogP contribution is -1.92. The van der Waals surface area contributed by atoms with E-state index in [0.717, 1.165) is 16.5 Å². The Kier molecular flexibility index (Phi) is 3.04.